The molecule has 0 radical (unpaired) electrons. The van der Waals surface area contributed by atoms with E-state index in [1.54, 1.807) is 0 Å². The molecule has 2 aromatic rings. The molecular formula is C14H17ClN2. The number of benzene rings is 1. The fourth-order valence-corrected chi connectivity index (χ4v) is 2.21. The molecule has 2 nitrogen and oxygen atoms in total. The summed E-state index contributed by atoms with van der Waals surface area (Å²) in [4.78, 5) is 4.46. The van der Waals surface area contributed by atoms with E-state index in [9.17, 15) is 0 Å². The van der Waals surface area contributed by atoms with Crippen LogP contribution in [0.2, 0.25) is 5.02 Å². The summed E-state index contributed by atoms with van der Waals surface area (Å²) in [5.41, 5.74) is 6.85. The van der Waals surface area contributed by atoms with Gasteiger partial charge in [-0.25, -0.2) is 0 Å². The first-order valence-corrected chi connectivity index (χ1v) is 6.13. The number of nitrogens with zero attached hydrogens (tertiary/aromatic N) is 1. The van der Waals surface area contributed by atoms with Crippen molar-refractivity contribution in [1.82, 2.24) is 4.98 Å². The largest absolute Gasteiger partial charge is 0.330 e. The lowest BCUT2D eigenvalue weighted by molar-refractivity contribution is 0.374. The fourth-order valence-electron chi connectivity index (χ4n) is 1.92. The molecule has 0 aliphatic heterocycles. The van der Waals surface area contributed by atoms with Crippen LogP contribution in [0.15, 0.2) is 30.5 Å². The molecule has 0 aliphatic rings. The highest BCUT2D eigenvalue weighted by atomic mass is 35.5. The molecule has 1 aromatic carbocycles. The van der Waals surface area contributed by atoms with Crippen molar-refractivity contribution >= 4 is 22.4 Å². The van der Waals surface area contributed by atoms with Gasteiger partial charge in [0.15, 0.2) is 0 Å². The van der Waals surface area contributed by atoms with Crippen molar-refractivity contribution in [3.05, 3.63) is 41.2 Å². The molecule has 2 N–H and O–H groups in total. The van der Waals surface area contributed by atoms with Gasteiger partial charge in [0.25, 0.3) is 0 Å². The predicted octanol–water partition coefficient (Wildman–Crippen LogP) is 3.42. The van der Waals surface area contributed by atoms with E-state index in [-0.39, 0.29) is 5.41 Å². The van der Waals surface area contributed by atoms with E-state index in [2.05, 4.69) is 24.9 Å². The monoisotopic (exact) mass is 248 g/mol. The van der Waals surface area contributed by atoms with Gasteiger partial charge in [-0.05, 0) is 35.9 Å². The number of halogens is 1. The van der Waals surface area contributed by atoms with Gasteiger partial charge in [0, 0.05) is 11.6 Å². The number of pyridine rings is 1. The highest BCUT2D eigenvalue weighted by Crippen LogP contribution is 2.29. The van der Waals surface area contributed by atoms with Gasteiger partial charge in [-0.1, -0.05) is 37.6 Å². The van der Waals surface area contributed by atoms with Crippen LogP contribution in [0.3, 0.4) is 0 Å². The summed E-state index contributed by atoms with van der Waals surface area (Å²) in [5, 5.41) is 2.95. The van der Waals surface area contributed by atoms with Crippen molar-refractivity contribution in [1.29, 1.82) is 0 Å². The van der Waals surface area contributed by atoms with Gasteiger partial charge in [-0.3, -0.25) is 4.98 Å². The molecule has 0 saturated carbocycles. The van der Waals surface area contributed by atoms with Crippen LogP contribution in [0.4, 0.5) is 0 Å². The summed E-state index contributed by atoms with van der Waals surface area (Å²) in [6.45, 7) is 4.92. The van der Waals surface area contributed by atoms with Crippen LogP contribution in [0.25, 0.3) is 10.8 Å². The van der Waals surface area contributed by atoms with E-state index < -0.39 is 0 Å². The number of hydrogen-bond donors (Lipinski definition) is 1. The SMILES string of the molecule is CC(C)(CN)Cc1nccc2cccc(Cl)c12. The zero-order chi connectivity index (χ0) is 12.5. The van der Waals surface area contributed by atoms with Gasteiger partial charge in [0.05, 0.1) is 10.7 Å². The Kier molecular flexibility index (Phi) is 3.36. The van der Waals surface area contributed by atoms with E-state index >= 15 is 0 Å². The van der Waals surface area contributed by atoms with E-state index in [4.69, 9.17) is 17.3 Å². The third-order valence-corrected chi connectivity index (χ3v) is 3.33. The zero-order valence-corrected chi connectivity index (χ0v) is 11.0. The molecule has 0 amide bonds. The third-order valence-electron chi connectivity index (χ3n) is 3.02. The quantitative estimate of drug-likeness (QED) is 0.904. The molecule has 2 rings (SSSR count). The van der Waals surface area contributed by atoms with Gasteiger partial charge >= 0.3 is 0 Å². The predicted molar refractivity (Wildman–Crippen MR) is 73.3 cm³/mol. The van der Waals surface area contributed by atoms with Crippen LogP contribution in [-0.4, -0.2) is 11.5 Å². The first-order valence-electron chi connectivity index (χ1n) is 5.76. The van der Waals surface area contributed by atoms with Crippen LogP contribution < -0.4 is 5.73 Å². The van der Waals surface area contributed by atoms with E-state index in [1.807, 2.05) is 24.4 Å². The number of aromatic nitrogens is 1. The van der Waals surface area contributed by atoms with Crippen molar-refractivity contribution in [2.75, 3.05) is 6.54 Å². The second-order valence-corrected chi connectivity index (χ2v) is 5.55. The molecule has 0 atom stereocenters. The Balaban J connectivity index is 2.54. The Morgan fingerprint density at radius 1 is 1.29 bits per heavy atom. The molecule has 0 unspecified atom stereocenters. The third kappa shape index (κ3) is 2.59. The van der Waals surface area contributed by atoms with Gasteiger partial charge in [-0.15, -0.1) is 0 Å². The lowest BCUT2D eigenvalue weighted by Gasteiger charge is -2.22. The van der Waals surface area contributed by atoms with Gasteiger partial charge in [0.1, 0.15) is 0 Å². The van der Waals surface area contributed by atoms with Crippen LogP contribution >= 0.6 is 11.6 Å². The topological polar surface area (TPSA) is 38.9 Å². The Bertz CT molecular complexity index is 529. The molecule has 1 aromatic heterocycles. The Labute approximate surface area is 107 Å². The minimum absolute atomic E-state index is 0.0421. The van der Waals surface area contributed by atoms with Crippen molar-refractivity contribution in [3.63, 3.8) is 0 Å². The highest BCUT2D eigenvalue weighted by molar-refractivity contribution is 6.35. The Morgan fingerprint density at radius 3 is 2.76 bits per heavy atom. The van der Waals surface area contributed by atoms with Crippen LogP contribution in [0.1, 0.15) is 19.5 Å². The van der Waals surface area contributed by atoms with Crippen molar-refractivity contribution < 1.29 is 0 Å². The van der Waals surface area contributed by atoms with Crippen molar-refractivity contribution in [2.24, 2.45) is 11.1 Å². The smallest absolute Gasteiger partial charge is 0.0502 e. The van der Waals surface area contributed by atoms with Crippen LogP contribution in [0.5, 0.6) is 0 Å². The van der Waals surface area contributed by atoms with Gasteiger partial charge in [0.2, 0.25) is 0 Å². The van der Waals surface area contributed by atoms with Gasteiger partial charge < -0.3 is 5.73 Å². The lowest BCUT2D eigenvalue weighted by Crippen LogP contribution is -2.26. The molecule has 0 aliphatic carbocycles. The van der Waals surface area contributed by atoms with Crippen molar-refractivity contribution in [2.45, 2.75) is 20.3 Å². The van der Waals surface area contributed by atoms with Crippen molar-refractivity contribution in [3.8, 4) is 0 Å². The first-order chi connectivity index (χ1) is 8.03. The average Bonchev–Trinajstić information content (AvgIpc) is 2.29. The number of hydrogen-bond acceptors (Lipinski definition) is 2. The molecule has 0 fully saturated rings. The second-order valence-electron chi connectivity index (χ2n) is 5.14. The van der Waals surface area contributed by atoms with E-state index in [0.717, 1.165) is 27.9 Å². The Morgan fingerprint density at radius 2 is 2.06 bits per heavy atom. The Hall–Kier alpha value is -1.12. The molecule has 3 heteroatoms. The van der Waals surface area contributed by atoms with Gasteiger partial charge in [-0.2, -0.15) is 0 Å². The summed E-state index contributed by atoms with van der Waals surface area (Å²) >= 11 is 6.26. The summed E-state index contributed by atoms with van der Waals surface area (Å²) in [6, 6.07) is 7.91. The molecule has 0 spiro atoms. The zero-order valence-electron chi connectivity index (χ0n) is 10.2. The number of rotatable bonds is 3. The summed E-state index contributed by atoms with van der Waals surface area (Å²) in [5.74, 6) is 0. The maximum absolute atomic E-state index is 6.26. The second kappa shape index (κ2) is 4.63. The molecule has 0 saturated heterocycles. The summed E-state index contributed by atoms with van der Waals surface area (Å²) in [6.07, 6.45) is 2.67. The minimum Gasteiger partial charge on any atom is -0.330 e. The van der Waals surface area contributed by atoms with E-state index in [0.29, 0.717) is 6.54 Å². The maximum Gasteiger partial charge on any atom is 0.0502 e. The molecule has 90 valence electrons. The first kappa shape index (κ1) is 12.3. The molecule has 1 heterocycles. The lowest BCUT2D eigenvalue weighted by atomic mass is 9.86. The number of nitrogens with two attached hydrogens (primary N) is 1. The standard InChI is InChI=1S/C14H17ClN2/c1-14(2,9-16)8-12-13-10(6-7-17-12)4-3-5-11(13)15/h3-7H,8-9,16H2,1-2H3. The van der Waals surface area contributed by atoms with Crippen LogP contribution in [0, 0.1) is 5.41 Å². The normalized spacial score (nSPS) is 12.0. The molecule has 0 bridgehead atoms. The summed E-state index contributed by atoms with van der Waals surface area (Å²) in [7, 11) is 0. The minimum atomic E-state index is 0.0421. The highest BCUT2D eigenvalue weighted by Gasteiger charge is 2.19. The molecule has 17 heavy (non-hydrogen) atoms. The summed E-state index contributed by atoms with van der Waals surface area (Å²) < 4.78 is 0. The molecular weight excluding hydrogens is 232 g/mol. The fraction of sp³-hybridized carbons (Fsp3) is 0.357. The van der Waals surface area contributed by atoms with Crippen LogP contribution in [-0.2, 0) is 6.42 Å². The maximum atomic E-state index is 6.26. The van der Waals surface area contributed by atoms with E-state index in [1.165, 1.54) is 0 Å². The average molecular weight is 249 g/mol. The number of fused-ring (bicyclic) bond motifs is 1.